The van der Waals surface area contributed by atoms with Crippen molar-refractivity contribution in [2.24, 2.45) is 0 Å². The van der Waals surface area contributed by atoms with Gasteiger partial charge in [-0.3, -0.25) is 4.72 Å². The van der Waals surface area contributed by atoms with Crippen LogP contribution in [0.25, 0.3) is 0 Å². The van der Waals surface area contributed by atoms with Gasteiger partial charge in [0.05, 0.1) is 5.69 Å². The van der Waals surface area contributed by atoms with E-state index in [0.29, 0.717) is 12.4 Å². The van der Waals surface area contributed by atoms with Gasteiger partial charge in [0.25, 0.3) is 10.0 Å². The smallest absolute Gasteiger partial charge is 0.263 e. The van der Waals surface area contributed by atoms with Crippen LogP contribution in [-0.2, 0) is 10.0 Å². The number of nitrogens with zero attached hydrogens (tertiary/aromatic N) is 1. The van der Waals surface area contributed by atoms with Crippen LogP contribution >= 0.6 is 0 Å². The van der Waals surface area contributed by atoms with Crippen molar-refractivity contribution in [3.05, 3.63) is 48.4 Å². The van der Waals surface area contributed by atoms with Crippen LogP contribution in [0.15, 0.2) is 47.5 Å². The summed E-state index contributed by atoms with van der Waals surface area (Å²) in [7, 11) is -3.85. The van der Waals surface area contributed by atoms with Crippen molar-refractivity contribution in [1.29, 1.82) is 0 Å². The van der Waals surface area contributed by atoms with E-state index in [0.717, 1.165) is 0 Å². The molecule has 7 heteroatoms. The molecular weight excluding hydrogens is 281 g/mol. The van der Waals surface area contributed by atoms with Gasteiger partial charge in [0.2, 0.25) is 0 Å². The van der Waals surface area contributed by atoms with Crippen LogP contribution in [0.3, 0.4) is 0 Å². The van der Waals surface area contributed by atoms with Crippen molar-refractivity contribution in [3.63, 3.8) is 0 Å². The molecule has 2 N–H and O–H groups in total. The number of benzene rings is 1. The lowest BCUT2D eigenvalue weighted by atomic mass is 10.3. The zero-order valence-electron chi connectivity index (χ0n) is 10.8. The van der Waals surface area contributed by atoms with Crippen LogP contribution in [0.1, 0.15) is 6.92 Å². The third kappa shape index (κ3) is 3.24. The van der Waals surface area contributed by atoms with Crippen molar-refractivity contribution < 1.29 is 12.8 Å². The van der Waals surface area contributed by atoms with E-state index < -0.39 is 15.8 Å². The van der Waals surface area contributed by atoms with Gasteiger partial charge in [-0.1, -0.05) is 12.1 Å². The highest BCUT2D eigenvalue weighted by Crippen LogP contribution is 2.18. The molecule has 0 aliphatic rings. The lowest BCUT2D eigenvalue weighted by Crippen LogP contribution is -2.14. The van der Waals surface area contributed by atoms with Gasteiger partial charge in [0.1, 0.15) is 16.5 Å². The van der Waals surface area contributed by atoms with Crippen molar-refractivity contribution in [2.45, 2.75) is 11.8 Å². The molecule has 0 radical (unpaired) electrons. The third-order valence-electron chi connectivity index (χ3n) is 2.52. The molecule has 0 atom stereocenters. The van der Waals surface area contributed by atoms with E-state index in [1.807, 2.05) is 6.92 Å². The van der Waals surface area contributed by atoms with Gasteiger partial charge in [-0.05, 0) is 31.2 Å². The molecule has 0 aliphatic carbocycles. The summed E-state index contributed by atoms with van der Waals surface area (Å²) in [6.45, 7) is 2.60. The highest BCUT2D eigenvalue weighted by Gasteiger charge is 2.16. The van der Waals surface area contributed by atoms with E-state index in [1.165, 1.54) is 30.5 Å². The van der Waals surface area contributed by atoms with Crippen LogP contribution in [0.5, 0.6) is 0 Å². The minimum absolute atomic E-state index is 0.0255. The Bertz CT molecular complexity index is 687. The highest BCUT2D eigenvalue weighted by molar-refractivity contribution is 7.92. The second-order valence-corrected chi connectivity index (χ2v) is 5.68. The van der Waals surface area contributed by atoms with Gasteiger partial charge < -0.3 is 5.32 Å². The predicted molar refractivity (Wildman–Crippen MR) is 75.6 cm³/mol. The Balaban J connectivity index is 2.24. The first kappa shape index (κ1) is 14.3. The molecular formula is C13H14FN3O2S. The molecule has 0 bridgehead atoms. The molecule has 106 valence electrons. The number of aromatic nitrogens is 1. The standard InChI is InChI=1S/C13H14FN3O2S/c1-2-15-13-8-7-10(9-16-13)20(18,19)17-12-6-4-3-5-11(12)14/h3-9,17H,2H2,1H3,(H,15,16). The number of para-hydroxylation sites is 1. The van der Waals surface area contributed by atoms with Crippen LogP contribution in [0.2, 0.25) is 0 Å². The molecule has 0 amide bonds. The van der Waals surface area contributed by atoms with Crippen molar-refractivity contribution >= 4 is 21.5 Å². The first-order chi connectivity index (χ1) is 9.53. The Morgan fingerprint density at radius 3 is 2.55 bits per heavy atom. The summed E-state index contributed by atoms with van der Waals surface area (Å²) in [4.78, 5) is 3.95. The predicted octanol–water partition coefficient (Wildman–Crippen LogP) is 2.45. The fourth-order valence-electron chi connectivity index (χ4n) is 1.57. The maximum absolute atomic E-state index is 13.4. The Morgan fingerprint density at radius 1 is 1.20 bits per heavy atom. The Kier molecular flexibility index (Phi) is 4.19. The number of hydrogen-bond acceptors (Lipinski definition) is 4. The van der Waals surface area contributed by atoms with Gasteiger partial charge in [-0.2, -0.15) is 0 Å². The number of anilines is 2. The summed E-state index contributed by atoms with van der Waals surface area (Å²) < 4.78 is 39.8. The second-order valence-electron chi connectivity index (χ2n) is 3.99. The molecule has 0 saturated heterocycles. The number of nitrogens with one attached hydrogen (secondary N) is 2. The molecule has 0 spiro atoms. The highest BCUT2D eigenvalue weighted by atomic mass is 32.2. The van der Waals surface area contributed by atoms with Crippen molar-refractivity contribution in [3.8, 4) is 0 Å². The lowest BCUT2D eigenvalue weighted by Gasteiger charge is -2.09. The monoisotopic (exact) mass is 295 g/mol. The molecule has 1 aromatic carbocycles. The first-order valence-corrected chi connectivity index (χ1v) is 7.48. The third-order valence-corrected chi connectivity index (χ3v) is 3.87. The van der Waals surface area contributed by atoms with Gasteiger partial charge in [0, 0.05) is 12.7 Å². The molecule has 0 saturated carbocycles. The summed E-state index contributed by atoms with van der Waals surface area (Å²) in [5, 5.41) is 2.96. The zero-order chi connectivity index (χ0) is 14.6. The van der Waals surface area contributed by atoms with Crippen LogP contribution in [-0.4, -0.2) is 19.9 Å². The fourth-order valence-corrected chi connectivity index (χ4v) is 2.58. The van der Waals surface area contributed by atoms with Gasteiger partial charge in [-0.25, -0.2) is 17.8 Å². The van der Waals surface area contributed by atoms with Crippen LogP contribution in [0, 0.1) is 5.82 Å². The lowest BCUT2D eigenvalue weighted by molar-refractivity contribution is 0.598. The van der Waals surface area contributed by atoms with Gasteiger partial charge >= 0.3 is 0 Å². The normalized spacial score (nSPS) is 11.1. The average molecular weight is 295 g/mol. The number of halogens is 1. The van der Waals surface area contributed by atoms with E-state index in [4.69, 9.17) is 0 Å². The first-order valence-electron chi connectivity index (χ1n) is 6.00. The minimum atomic E-state index is -3.85. The number of pyridine rings is 1. The van der Waals surface area contributed by atoms with Gasteiger partial charge in [0.15, 0.2) is 0 Å². The van der Waals surface area contributed by atoms with Crippen LogP contribution < -0.4 is 10.0 Å². The summed E-state index contributed by atoms with van der Waals surface area (Å²) in [6, 6.07) is 8.54. The molecule has 0 fully saturated rings. The summed E-state index contributed by atoms with van der Waals surface area (Å²) >= 11 is 0. The molecule has 2 rings (SSSR count). The number of sulfonamides is 1. The Hall–Kier alpha value is -2.15. The molecule has 0 aliphatic heterocycles. The quantitative estimate of drug-likeness (QED) is 0.889. The number of hydrogen-bond donors (Lipinski definition) is 2. The molecule has 0 unspecified atom stereocenters. The van der Waals surface area contributed by atoms with E-state index in [9.17, 15) is 12.8 Å². The maximum Gasteiger partial charge on any atom is 0.263 e. The summed E-state index contributed by atoms with van der Waals surface area (Å²) in [5.74, 6) is -0.0503. The molecule has 1 heterocycles. The van der Waals surface area contributed by atoms with E-state index in [1.54, 1.807) is 12.1 Å². The largest absolute Gasteiger partial charge is 0.370 e. The Morgan fingerprint density at radius 2 is 1.95 bits per heavy atom. The van der Waals surface area contributed by atoms with E-state index >= 15 is 0 Å². The van der Waals surface area contributed by atoms with Crippen molar-refractivity contribution in [1.82, 2.24) is 4.98 Å². The molecule has 2 aromatic rings. The SMILES string of the molecule is CCNc1ccc(S(=O)(=O)Nc2ccccc2F)cn1. The average Bonchev–Trinajstić information content (AvgIpc) is 2.42. The zero-order valence-corrected chi connectivity index (χ0v) is 11.6. The topological polar surface area (TPSA) is 71.1 Å². The molecule has 5 nitrogen and oxygen atoms in total. The van der Waals surface area contributed by atoms with Gasteiger partial charge in [-0.15, -0.1) is 0 Å². The fraction of sp³-hybridized carbons (Fsp3) is 0.154. The summed E-state index contributed by atoms with van der Waals surface area (Å²) in [6.07, 6.45) is 1.22. The second kappa shape index (κ2) is 5.87. The Labute approximate surface area is 116 Å². The number of rotatable bonds is 5. The van der Waals surface area contributed by atoms with E-state index in [2.05, 4.69) is 15.0 Å². The minimum Gasteiger partial charge on any atom is -0.370 e. The summed E-state index contributed by atoms with van der Waals surface area (Å²) in [5.41, 5.74) is -0.0942. The molecule has 20 heavy (non-hydrogen) atoms. The maximum atomic E-state index is 13.4. The van der Waals surface area contributed by atoms with E-state index in [-0.39, 0.29) is 10.6 Å². The van der Waals surface area contributed by atoms with Crippen LogP contribution in [0.4, 0.5) is 15.9 Å². The van der Waals surface area contributed by atoms with Crippen molar-refractivity contribution in [2.75, 3.05) is 16.6 Å². The molecule has 1 aromatic heterocycles.